The highest BCUT2D eigenvalue weighted by Gasteiger charge is 2.36. The highest BCUT2D eigenvalue weighted by molar-refractivity contribution is 9.10. The molecule has 7 aromatic rings. The molecule has 0 aliphatic heterocycles. The molecule has 0 saturated heterocycles. The smallest absolute Gasteiger partial charge is 0.0652 e. The van der Waals surface area contributed by atoms with Gasteiger partial charge in [0, 0.05) is 36.1 Å². The first-order chi connectivity index (χ1) is 17.5. The number of thiophene rings is 1. The van der Waals surface area contributed by atoms with Crippen LogP contribution in [0.25, 0.3) is 58.8 Å². The van der Waals surface area contributed by atoms with Crippen LogP contribution in [0.1, 0.15) is 25.0 Å². The molecule has 3 heteroatoms. The topological polar surface area (TPSA) is 4.93 Å². The normalized spacial score (nSPS) is 14.2. The first-order valence-corrected chi connectivity index (χ1v) is 13.9. The lowest BCUT2D eigenvalue weighted by molar-refractivity contribution is 0.661. The summed E-state index contributed by atoms with van der Waals surface area (Å²) in [6.45, 7) is 4.72. The van der Waals surface area contributed by atoms with Gasteiger partial charge in [-0.2, -0.15) is 0 Å². The first-order valence-electron chi connectivity index (χ1n) is 12.3. The van der Waals surface area contributed by atoms with Crippen molar-refractivity contribution in [2.75, 3.05) is 0 Å². The van der Waals surface area contributed by atoms with Crippen LogP contribution >= 0.6 is 27.3 Å². The van der Waals surface area contributed by atoms with Crippen molar-refractivity contribution in [3.05, 3.63) is 113 Å². The van der Waals surface area contributed by atoms with E-state index in [2.05, 4.69) is 131 Å². The van der Waals surface area contributed by atoms with Crippen molar-refractivity contribution in [1.29, 1.82) is 0 Å². The van der Waals surface area contributed by atoms with E-state index in [9.17, 15) is 0 Å². The molecule has 36 heavy (non-hydrogen) atoms. The van der Waals surface area contributed by atoms with Gasteiger partial charge in [0.2, 0.25) is 0 Å². The number of nitrogens with zero attached hydrogens (tertiary/aromatic N) is 1. The summed E-state index contributed by atoms with van der Waals surface area (Å²) in [5, 5.41) is 5.23. The van der Waals surface area contributed by atoms with Crippen LogP contribution in [0.2, 0.25) is 0 Å². The van der Waals surface area contributed by atoms with E-state index in [0.29, 0.717) is 0 Å². The van der Waals surface area contributed by atoms with Crippen LogP contribution in [0.3, 0.4) is 0 Å². The Labute approximate surface area is 221 Å². The molecule has 0 fully saturated rings. The van der Waals surface area contributed by atoms with Crippen molar-refractivity contribution >= 4 is 69.2 Å². The second-order valence-corrected chi connectivity index (χ2v) is 12.3. The molecule has 1 nitrogen and oxygen atoms in total. The summed E-state index contributed by atoms with van der Waals surface area (Å²) < 4.78 is 6.25. The molecular weight excluding hydrogens is 522 g/mol. The van der Waals surface area contributed by atoms with Gasteiger partial charge in [0.15, 0.2) is 0 Å². The molecule has 8 rings (SSSR count). The van der Waals surface area contributed by atoms with Crippen LogP contribution in [-0.2, 0) is 5.41 Å². The molecule has 1 aliphatic carbocycles. The molecule has 0 unspecified atom stereocenters. The highest BCUT2D eigenvalue weighted by Crippen LogP contribution is 2.51. The Morgan fingerprint density at radius 2 is 1.39 bits per heavy atom. The predicted octanol–water partition coefficient (Wildman–Crippen LogP) is 10.2. The minimum absolute atomic E-state index is 0.0361. The zero-order valence-corrected chi connectivity index (χ0v) is 22.4. The van der Waals surface area contributed by atoms with Gasteiger partial charge < -0.3 is 4.57 Å². The van der Waals surface area contributed by atoms with E-state index in [-0.39, 0.29) is 5.41 Å². The third kappa shape index (κ3) is 2.60. The van der Waals surface area contributed by atoms with Gasteiger partial charge in [0.1, 0.15) is 0 Å². The molecule has 0 spiro atoms. The Morgan fingerprint density at radius 3 is 2.28 bits per heavy atom. The summed E-state index contributed by atoms with van der Waals surface area (Å²) >= 11 is 5.73. The largest absolute Gasteiger partial charge is 0.308 e. The minimum Gasteiger partial charge on any atom is -0.308 e. The fourth-order valence-electron chi connectivity index (χ4n) is 6.36. The maximum Gasteiger partial charge on any atom is 0.0652 e. The van der Waals surface area contributed by atoms with Crippen molar-refractivity contribution in [2.24, 2.45) is 0 Å². The minimum atomic E-state index is -0.0361. The Hall–Kier alpha value is -3.40. The number of aromatic nitrogens is 1. The van der Waals surface area contributed by atoms with E-state index in [1.165, 1.54) is 69.9 Å². The highest BCUT2D eigenvalue weighted by atomic mass is 79.9. The van der Waals surface area contributed by atoms with Gasteiger partial charge >= 0.3 is 0 Å². The molecule has 5 aromatic carbocycles. The van der Waals surface area contributed by atoms with E-state index < -0.39 is 0 Å². The SMILES string of the molecule is CC1(C)c2ccccc2-c2cc3c4ccccc4n(-c4cc(Br)cc5c4sc4ccccc45)c3cc21. The second-order valence-electron chi connectivity index (χ2n) is 10.3. The van der Waals surface area contributed by atoms with E-state index in [1.807, 2.05) is 11.3 Å². The molecule has 172 valence electrons. The lowest BCUT2D eigenvalue weighted by Crippen LogP contribution is -2.14. The van der Waals surface area contributed by atoms with Crippen LogP contribution in [0, 0.1) is 0 Å². The van der Waals surface area contributed by atoms with Crippen LogP contribution in [0.5, 0.6) is 0 Å². The molecule has 0 bridgehead atoms. The number of hydrogen-bond acceptors (Lipinski definition) is 1. The second kappa shape index (κ2) is 7.09. The maximum absolute atomic E-state index is 3.85. The summed E-state index contributed by atoms with van der Waals surface area (Å²) in [7, 11) is 0. The van der Waals surface area contributed by atoms with E-state index in [1.54, 1.807) is 0 Å². The molecule has 0 amide bonds. The molecule has 0 N–H and O–H groups in total. The van der Waals surface area contributed by atoms with Crippen molar-refractivity contribution in [1.82, 2.24) is 4.57 Å². The Balaban J connectivity index is 1.55. The molecule has 0 atom stereocenters. The van der Waals surface area contributed by atoms with Crippen molar-refractivity contribution in [3.8, 4) is 16.8 Å². The molecule has 2 heterocycles. The summed E-state index contributed by atoms with van der Waals surface area (Å²) in [6, 6.07) is 36.0. The summed E-state index contributed by atoms with van der Waals surface area (Å²) in [5.74, 6) is 0. The summed E-state index contributed by atoms with van der Waals surface area (Å²) in [5.41, 5.74) is 9.27. The fraction of sp³-hybridized carbons (Fsp3) is 0.0909. The Kier molecular flexibility index (Phi) is 4.09. The summed E-state index contributed by atoms with van der Waals surface area (Å²) in [6.07, 6.45) is 0. The maximum atomic E-state index is 3.85. The van der Waals surface area contributed by atoms with Crippen LogP contribution in [0.15, 0.2) is 102 Å². The number of fused-ring (bicyclic) bond motifs is 9. The van der Waals surface area contributed by atoms with Gasteiger partial charge in [-0.05, 0) is 58.7 Å². The number of para-hydroxylation sites is 1. The fourth-order valence-corrected chi connectivity index (χ4v) is 8.00. The number of halogens is 1. The van der Waals surface area contributed by atoms with Crippen LogP contribution < -0.4 is 0 Å². The lowest BCUT2D eigenvalue weighted by atomic mass is 9.82. The van der Waals surface area contributed by atoms with Gasteiger partial charge in [0.05, 0.1) is 21.4 Å². The zero-order valence-electron chi connectivity index (χ0n) is 20.0. The van der Waals surface area contributed by atoms with E-state index >= 15 is 0 Å². The molecule has 0 saturated carbocycles. The quantitative estimate of drug-likeness (QED) is 0.194. The molecular formula is C33H22BrNS. The average molecular weight is 545 g/mol. The monoisotopic (exact) mass is 543 g/mol. The average Bonchev–Trinajstić information content (AvgIpc) is 3.49. The van der Waals surface area contributed by atoms with Crippen molar-refractivity contribution in [2.45, 2.75) is 19.3 Å². The molecule has 2 aromatic heterocycles. The van der Waals surface area contributed by atoms with Crippen LogP contribution in [-0.4, -0.2) is 4.57 Å². The Bertz CT molecular complexity index is 2040. The third-order valence-corrected chi connectivity index (χ3v) is 9.71. The third-order valence-electron chi connectivity index (χ3n) is 8.04. The van der Waals surface area contributed by atoms with Gasteiger partial charge in [-0.1, -0.05) is 90.4 Å². The van der Waals surface area contributed by atoms with E-state index in [4.69, 9.17) is 0 Å². The van der Waals surface area contributed by atoms with Gasteiger partial charge in [-0.3, -0.25) is 0 Å². The Morgan fingerprint density at radius 1 is 0.639 bits per heavy atom. The predicted molar refractivity (Wildman–Crippen MR) is 159 cm³/mol. The molecule has 0 radical (unpaired) electrons. The van der Waals surface area contributed by atoms with Gasteiger partial charge in [-0.15, -0.1) is 11.3 Å². The number of rotatable bonds is 1. The van der Waals surface area contributed by atoms with Gasteiger partial charge in [-0.25, -0.2) is 0 Å². The summed E-state index contributed by atoms with van der Waals surface area (Å²) in [4.78, 5) is 0. The van der Waals surface area contributed by atoms with Crippen LogP contribution in [0.4, 0.5) is 0 Å². The first kappa shape index (κ1) is 20.8. The zero-order chi connectivity index (χ0) is 24.2. The standard InChI is InChI=1S/C33H22BrNS/c1-33(2)26-12-6-3-9-20(26)23-17-24-21-10-4-7-13-28(21)35(29(24)18-27(23)33)30-16-19(34)15-25-22-11-5-8-14-31(22)36-32(25)30/h3-18H,1-2H3. The van der Waals surface area contributed by atoms with E-state index in [0.717, 1.165) is 4.47 Å². The number of benzene rings is 5. The van der Waals surface area contributed by atoms with Gasteiger partial charge in [0.25, 0.3) is 0 Å². The van der Waals surface area contributed by atoms with Crippen molar-refractivity contribution < 1.29 is 0 Å². The lowest BCUT2D eigenvalue weighted by Gasteiger charge is -2.21. The van der Waals surface area contributed by atoms with Crippen molar-refractivity contribution in [3.63, 3.8) is 0 Å². The number of hydrogen-bond donors (Lipinski definition) is 0. The molecule has 1 aliphatic rings.